The lowest BCUT2D eigenvalue weighted by atomic mass is 9.68. The number of carbonyl (C=O) groups excluding carboxylic acids is 1. The molecule has 0 aromatic rings. The van der Waals surface area contributed by atoms with Gasteiger partial charge in [-0.3, -0.25) is 4.79 Å². The summed E-state index contributed by atoms with van der Waals surface area (Å²) in [6.07, 6.45) is 8.23. The number of hydrogen-bond donors (Lipinski definition) is 0. The van der Waals surface area contributed by atoms with Crippen molar-refractivity contribution in [2.45, 2.75) is 39.0 Å². The van der Waals surface area contributed by atoms with Crippen LogP contribution in [0.15, 0.2) is 11.8 Å². The SMILES string of the molecule is CC(=O)O/C=C1\CC2CCC1CC2. The van der Waals surface area contributed by atoms with Gasteiger partial charge in [0, 0.05) is 6.92 Å². The van der Waals surface area contributed by atoms with Crippen molar-refractivity contribution in [2.75, 3.05) is 0 Å². The maximum atomic E-state index is 10.6. The van der Waals surface area contributed by atoms with Gasteiger partial charge in [-0.15, -0.1) is 0 Å². The average molecular weight is 180 g/mol. The quantitative estimate of drug-likeness (QED) is 0.458. The number of carbonyl (C=O) groups is 1. The third-order valence-electron chi connectivity index (χ3n) is 3.27. The molecular formula is C11H16O2. The van der Waals surface area contributed by atoms with Gasteiger partial charge in [-0.2, -0.15) is 0 Å². The molecule has 3 rings (SSSR count). The number of esters is 1. The molecule has 2 heteroatoms. The van der Waals surface area contributed by atoms with Crippen molar-refractivity contribution in [3.63, 3.8) is 0 Å². The number of hydrogen-bond acceptors (Lipinski definition) is 2. The summed E-state index contributed by atoms with van der Waals surface area (Å²) >= 11 is 0. The fourth-order valence-corrected chi connectivity index (χ4v) is 2.54. The fraction of sp³-hybridized carbons (Fsp3) is 0.727. The second-order valence-corrected chi connectivity index (χ2v) is 4.22. The van der Waals surface area contributed by atoms with E-state index in [0.717, 1.165) is 12.3 Å². The van der Waals surface area contributed by atoms with Crippen LogP contribution in [0, 0.1) is 11.8 Å². The van der Waals surface area contributed by atoms with Gasteiger partial charge in [-0.25, -0.2) is 0 Å². The first-order valence-electron chi connectivity index (χ1n) is 5.12. The summed E-state index contributed by atoms with van der Waals surface area (Å²) in [5.41, 5.74) is 1.37. The minimum Gasteiger partial charge on any atom is -0.435 e. The molecule has 0 saturated heterocycles. The Hall–Kier alpha value is -0.790. The van der Waals surface area contributed by atoms with E-state index in [-0.39, 0.29) is 5.97 Å². The summed E-state index contributed by atoms with van der Waals surface area (Å²) in [7, 11) is 0. The molecule has 0 aliphatic heterocycles. The Labute approximate surface area is 79.0 Å². The fourth-order valence-electron chi connectivity index (χ4n) is 2.54. The highest BCUT2D eigenvalue weighted by atomic mass is 16.5. The predicted molar refractivity (Wildman–Crippen MR) is 49.9 cm³/mol. The Morgan fingerprint density at radius 2 is 2.08 bits per heavy atom. The third-order valence-corrected chi connectivity index (χ3v) is 3.27. The molecule has 0 aromatic carbocycles. The Bertz CT molecular complexity index is 234. The molecule has 0 atom stereocenters. The van der Waals surface area contributed by atoms with Crippen molar-refractivity contribution in [3.8, 4) is 0 Å². The normalized spacial score (nSPS) is 35.0. The maximum Gasteiger partial charge on any atom is 0.307 e. The standard InChI is InChI=1S/C11H16O2/c1-8(12)13-7-11-6-9-2-4-10(11)5-3-9/h7,9-10H,2-6H2,1H3/b11-7+. The van der Waals surface area contributed by atoms with Gasteiger partial charge in [0.25, 0.3) is 0 Å². The molecule has 0 heterocycles. The highest BCUT2D eigenvalue weighted by Crippen LogP contribution is 2.44. The van der Waals surface area contributed by atoms with Crippen LogP contribution in [0.2, 0.25) is 0 Å². The summed E-state index contributed by atoms with van der Waals surface area (Å²) in [6, 6.07) is 0. The molecule has 13 heavy (non-hydrogen) atoms. The van der Waals surface area contributed by atoms with Gasteiger partial charge in [0.2, 0.25) is 0 Å². The van der Waals surface area contributed by atoms with Gasteiger partial charge >= 0.3 is 5.97 Å². The molecule has 3 fully saturated rings. The molecule has 3 saturated carbocycles. The summed E-state index contributed by atoms with van der Waals surface area (Å²) in [4.78, 5) is 10.6. The van der Waals surface area contributed by atoms with Gasteiger partial charge in [0.05, 0.1) is 6.26 Å². The molecule has 2 nitrogen and oxygen atoms in total. The Morgan fingerprint density at radius 3 is 2.54 bits per heavy atom. The van der Waals surface area contributed by atoms with E-state index in [9.17, 15) is 4.79 Å². The van der Waals surface area contributed by atoms with Crippen LogP contribution in [0.5, 0.6) is 0 Å². The van der Waals surface area contributed by atoms with Crippen LogP contribution >= 0.6 is 0 Å². The zero-order valence-electron chi connectivity index (χ0n) is 8.08. The molecule has 3 aliphatic rings. The van der Waals surface area contributed by atoms with Crippen LogP contribution in [0.1, 0.15) is 39.0 Å². The van der Waals surface area contributed by atoms with Gasteiger partial charge in [0.15, 0.2) is 0 Å². The largest absolute Gasteiger partial charge is 0.435 e. The van der Waals surface area contributed by atoms with Gasteiger partial charge in [-0.05, 0) is 49.5 Å². The molecule has 0 spiro atoms. The Balaban J connectivity index is 2.00. The van der Waals surface area contributed by atoms with Crippen LogP contribution in [-0.2, 0) is 9.53 Å². The first-order chi connectivity index (χ1) is 6.25. The van der Waals surface area contributed by atoms with Crippen LogP contribution in [0.3, 0.4) is 0 Å². The molecule has 0 unspecified atom stereocenters. The maximum absolute atomic E-state index is 10.6. The monoisotopic (exact) mass is 180 g/mol. The van der Waals surface area contributed by atoms with E-state index in [1.807, 2.05) is 0 Å². The molecule has 0 amide bonds. The van der Waals surface area contributed by atoms with Crippen molar-refractivity contribution in [3.05, 3.63) is 11.8 Å². The number of fused-ring (bicyclic) bond motifs is 3. The van der Waals surface area contributed by atoms with Gasteiger partial charge in [-0.1, -0.05) is 0 Å². The zero-order chi connectivity index (χ0) is 9.26. The third kappa shape index (κ3) is 1.93. The van der Waals surface area contributed by atoms with Crippen molar-refractivity contribution in [1.29, 1.82) is 0 Å². The molecular weight excluding hydrogens is 164 g/mol. The summed E-state index contributed by atoms with van der Waals surface area (Å²) in [5, 5.41) is 0. The number of rotatable bonds is 1. The molecule has 0 aromatic heterocycles. The molecule has 0 N–H and O–H groups in total. The zero-order valence-corrected chi connectivity index (χ0v) is 8.08. The summed E-state index contributed by atoms with van der Waals surface area (Å²) < 4.78 is 4.93. The second-order valence-electron chi connectivity index (χ2n) is 4.22. The molecule has 0 radical (unpaired) electrons. The second kappa shape index (κ2) is 3.52. The molecule has 3 aliphatic carbocycles. The lowest BCUT2D eigenvalue weighted by molar-refractivity contribution is -0.135. The van der Waals surface area contributed by atoms with Crippen molar-refractivity contribution in [2.24, 2.45) is 11.8 Å². The van der Waals surface area contributed by atoms with E-state index in [2.05, 4.69) is 0 Å². The topological polar surface area (TPSA) is 26.3 Å². The van der Waals surface area contributed by atoms with E-state index >= 15 is 0 Å². The Kier molecular flexibility index (Phi) is 2.38. The minimum atomic E-state index is -0.200. The number of allylic oxidation sites excluding steroid dienone is 1. The van der Waals surface area contributed by atoms with Gasteiger partial charge < -0.3 is 4.74 Å². The summed E-state index contributed by atoms with van der Waals surface area (Å²) in [6.45, 7) is 1.46. The van der Waals surface area contributed by atoms with Crippen LogP contribution in [0.4, 0.5) is 0 Å². The van der Waals surface area contributed by atoms with E-state index < -0.39 is 0 Å². The van der Waals surface area contributed by atoms with Crippen LogP contribution in [-0.4, -0.2) is 5.97 Å². The van der Waals surface area contributed by atoms with E-state index in [1.165, 1.54) is 38.2 Å². The van der Waals surface area contributed by atoms with Crippen LogP contribution in [0.25, 0.3) is 0 Å². The highest BCUT2D eigenvalue weighted by molar-refractivity contribution is 5.66. The Morgan fingerprint density at radius 1 is 1.38 bits per heavy atom. The van der Waals surface area contributed by atoms with Crippen LogP contribution < -0.4 is 0 Å². The first-order valence-corrected chi connectivity index (χ1v) is 5.12. The van der Waals surface area contributed by atoms with E-state index in [1.54, 1.807) is 6.26 Å². The van der Waals surface area contributed by atoms with Crippen molar-refractivity contribution in [1.82, 2.24) is 0 Å². The smallest absolute Gasteiger partial charge is 0.307 e. The summed E-state index contributed by atoms with van der Waals surface area (Å²) in [5.74, 6) is 1.38. The lowest BCUT2D eigenvalue weighted by Gasteiger charge is -2.37. The van der Waals surface area contributed by atoms with Crippen molar-refractivity contribution < 1.29 is 9.53 Å². The van der Waals surface area contributed by atoms with E-state index in [4.69, 9.17) is 4.74 Å². The first kappa shape index (κ1) is 8.79. The molecule has 2 bridgehead atoms. The number of ether oxygens (including phenoxy) is 1. The molecule has 72 valence electrons. The lowest BCUT2D eigenvalue weighted by Crippen LogP contribution is -2.24. The average Bonchev–Trinajstić information content (AvgIpc) is 2.17. The van der Waals surface area contributed by atoms with E-state index in [0.29, 0.717) is 5.92 Å². The highest BCUT2D eigenvalue weighted by Gasteiger charge is 2.31. The predicted octanol–water partition coefficient (Wildman–Crippen LogP) is 2.64. The van der Waals surface area contributed by atoms with Gasteiger partial charge in [0.1, 0.15) is 0 Å². The van der Waals surface area contributed by atoms with Crippen molar-refractivity contribution >= 4 is 5.97 Å². The minimum absolute atomic E-state index is 0.200.